The van der Waals surface area contributed by atoms with Crippen molar-refractivity contribution in [3.63, 3.8) is 0 Å². The Hall–Kier alpha value is -2.63. The molecule has 0 saturated carbocycles. The van der Waals surface area contributed by atoms with Gasteiger partial charge < -0.3 is 14.6 Å². The first-order valence-corrected chi connectivity index (χ1v) is 6.19. The second-order valence-electron chi connectivity index (χ2n) is 4.79. The van der Waals surface area contributed by atoms with Gasteiger partial charge in [-0.15, -0.1) is 0 Å². The summed E-state index contributed by atoms with van der Waals surface area (Å²) in [6.07, 6.45) is 3.17. The number of nitrogens with zero attached hydrogens (tertiary/aromatic N) is 3. The molecular formula is C14H13N3O3. The molecule has 1 N–H and O–H groups in total. The monoisotopic (exact) mass is 271 g/mol. The molecule has 2 aromatic rings. The number of anilines is 1. The van der Waals surface area contributed by atoms with Crippen LogP contribution in [-0.2, 0) is 11.8 Å². The molecule has 1 atom stereocenters. The summed E-state index contributed by atoms with van der Waals surface area (Å²) >= 11 is 0. The van der Waals surface area contributed by atoms with Crippen molar-refractivity contribution in [2.24, 2.45) is 7.05 Å². The van der Waals surface area contributed by atoms with Crippen molar-refractivity contribution < 1.29 is 14.7 Å². The third kappa shape index (κ3) is 1.85. The third-order valence-corrected chi connectivity index (χ3v) is 3.44. The van der Waals surface area contributed by atoms with Crippen molar-refractivity contribution in [2.75, 3.05) is 11.4 Å². The smallest absolute Gasteiger partial charge is 0.312 e. The van der Waals surface area contributed by atoms with Gasteiger partial charge in [-0.3, -0.25) is 9.59 Å². The van der Waals surface area contributed by atoms with Crippen LogP contribution in [0.15, 0.2) is 36.8 Å². The average molecular weight is 271 g/mol. The highest BCUT2D eigenvalue weighted by atomic mass is 16.4. The number of carboxylic acids is 1. The number of carboxylic acid groups (broad SMARTS) is 1. The Morgan fingerprint density at radius 1 is 1.35 bits per heavy atom. The first kappa shape index (κ1) is 12.4. The molecule has 20 heavy (non-hydrogen) atoms. The van der Waals surface area contributed by atoms with E-state index in [0.717, 1.165) is 0 Å². The normalized spacial score (nSPS) is 17.1. The first-order valence-electron chi connectivity index (χ1n) is 6.19. The number of hydrogen-bond acceptors (Lipinski definition) is 3. The van der Waals surface area contributed by atoms with Crippen LogP contribution in [-0.4, -0.2) is 33.1 Å². The van der Waals surface area contributed by atoms with Gasteiger partial charge in [-0.1, -0.05) is 18.2 Å². The molecule has 6 nitrogen and oxygen atoms in total. The van der Waals surface area contributed by atoms with Gasteiger partial charge in [0.15, 0.2) is 0 Å². The minimum Gasteiger partial charge on any atom is -0.481 e. The Morgan fingerprint density at radius 2 is 2.10 bits per heavy atom. The molecule has 0 fully saturated rings. The van der Waals surface area contributed by atoms with Crippen LogP contribution < -0.4 is 4.90 Å². The number of aliphatic carboxylic acids is 1. The van der Waals surface area contributed by atoms with Crippen molar-refractivity contribution in [3.05, 3.63) is 48.0 Å². The van der Waals surface area contributed by atoms with Crippen molar-refractivity contribution in [2.45, 2.75) is 5.92 Å². The van der Waals surface area contributed by atoms with Gasteiger partial charge in [0.2, 0.25) is 0 Å². The van der Waals surface area contributed by atoms with Crippen molar-refractivity contribution in [3.8, 4) is 0 Å². The summed E-state index contributed by atoms with van der Waals surface area (Å²) in [5.74, 6) is -1.88. The zero-order valence-corrected chi connectivity index (χ0v) is 10.9. The lowest BCUT2D eigenvalue weighted by atomic mass is 10.0. The van der Waals surface area contributed by atoms with Crippen LogP contribution in [0.2, 0.25) is 0 Å². The minimum atomic E-state index is -0.922. The lowest BCUT2D eigenvalue weighted by Gasteiger charge is -2.15. The number of benzene rings is 1. The molecule has 3 rings (SSSR count). The van der Waals surface area contributed by atoms with E-state index in [1.807, 2.05) is 0 Å². The average Bonchev–Trinajstić information content (AvgIpc) is 3.02. The van der Waals surface area contributed by atoms with Gasteiger partial charge in [0, 0.05) is 25.5 Å². The molecule has 0 bridgehead atoms. The third-order valence-electron chi connectivity index (χ3n) is 3.44. The summed E-state index contributed by atoms with van der Waals surface area (Å²) in [5, 5.41) is 9.28. The van der Waals surface area contributed by atoms with Gasteiger partial charge in [0.05, 0.1) is 6.33 Å². The molecule has 1 aliphatic rings. The second-order valence-corrected chi connectivity index (χ2v) is 4.79. The molecule has 2 heterocycles. The van der Waals surface area contributed by atoms with Gasteiger partial charge in [-0.05, 0) is 11.6 Å². The molecule has 6 heteroatoms. The van der Waals surface area contributed by atoms with Gasteiger partial charge in [0.25, 0.3) is 5.91 Å². The molecule has 1 aromatic carbocycles. The van der Waals surface area contributed by atoms with Crippen LogP contribution in [0.5, 0.6) is 0 Å². The Balaban J connectivity index is 2.00. The number of aryl methyl sites for hydroxylation is 1. The lowest BCUT2D eigenvalue weighted by Crippen LogP contribution is -2.31. The number of rotatable bonds is 2. The number of hydrogen-bond donors (Lipinski definition) is 1. The molecule has 1 aromatic heterocycles. The highest BCUT2D eigenvalue weighted by molar-refractivity contribution is 6.07. The molecule has 1 unspecified atom stereocenters. The van der Waals surface area contributed by atoms with Gasteiger partial charge in [-0.2, -0.15) is 0 Å². The number of carbonyl (C=O) groups excluding carboxylic acids is 1. The minimum absolute atomic E-state index is 0.143. The molecule has 0 aliphatic carbocycles. The molecular weight excluding hydrogens is 258 g/mol. The van der Waals surface area contributed by atoms with Crippen molar-refractivity contribution in [1.29, 1.82) is 0 Å². The number of para-hydroxylation sites is 1. The number of imidazole rings is 1. The van der Waals surface area contributed by atoms with Crippen LogP contribution in [0.1, 0.15) is 22.0 Å². The van der Waals surface area contributed by atoms with Crippen LogP contribution >= 0.6 is 0 Å². The molecule has 102 valence electrons. The van der Waals surface area contributed by atoms with Crippen LogP contribution in [0, 0.1) is 0 Å². The fourth-order valence-corrected chi connectivity index (χ4v) is 2.47. The molecule has 0 radical (unpaired) electrons. The number of carbonyl (C=O) groups is 2. The topological polar surface area (TPSA) is 75.4 Å². The number of fused-ring (bicyclic) bond motifs is 1. The summed E-state index contributed by atoms with van der Waals surface area (Å²) in [7, 11) is 1.78. The van der Waals surface area contributed by atoms with Crippen molar-refractivity contribution >= 4 is 17.6 Å². The van der Waals surface area contributed by atoms with E-state index in [0.29, 0.717) is 16.9 Å². The summed E-state index contributed by atoms with van der Waals surface area (Å²) in [6.45, 7) is 0.143. The highest BCUT2D eigenvalue weighted by Crippen LogP contribution is 2.36. The maximum absolute atomic E-state index is 12.4. The Labute approximate surface area is 115 Å². The van der Waals surface area contributed by atoms with Crippen LogP contribution in [0.3, 0.4) is 0 Å². The first-order chi connectivity index (χ1) is 9.58. The van der Waals surface area contributed by atoms with E-state index in [9.17, 15) is 14.7 Å². The van der Waals surface area contributed by atoms with Gasteiger partial charge >= 0.3 is 5.97 Å². The molecule has 1 amide bonds. The summed E-state index contributed by atoms with van der Waals surface area (Å²) in [4.78, 5) is 29.3. The Morgan fingerprint density at radius 3 is 2.75 bits per heavy atom. The number of aromatic nitrogens is 2. The van der Waals surface area contributed by atoms with E-state index in [-0.39, 0.29) is 12.5 Å². The quantitative estimate of drug-likeness (QED) is 0.892. The lowest BCUT2D eigenvalue weighted by molar-refractivity contribution is -0.138. The molecule has 1 aliphatic heterocycles. The van der Waals surface area contributed by atoms with Crippen LogP contribution in [0.4, 0.5) is 5.69 Å². The van der Waals surface area contributed by atoms with Gasteiger partial charge in [0.1, 0.15) is 11.6 Å². The largest absolute Gasteiger partial charge is 0.481 e. The summed E-state index contributed by atoms with van der Waals surface area (Å²) in [6, 6.07) is 7.09. The summed E-state index contributed by atoms with van der Waals surface area (Å²) in [5.41, 5.74) is 1.63. The Bertz CT molecular complexity index is 692. The van der Waals surface area contributed by atoms with E-state index in [4.69, 9.17) is 0 Å². The standard InChI is InChI=1S/C14H13N3O3/c1-16-7-11(15-8-16)13(18)17-6-10(14(19)20)9-4-2-3-5-12(9)17/h2-5,7-8,10H,6H2,1H3,(H,19,20). The zero-order chi connectivity index (χ0) is 14.3. The second kappa shape index (κ2) is 4.48. The van der Waals surface area contributed by atoms with E-state index in [2.05, 4.69) is 4.98 Å². The van der Waals surface area contributed by atoms with Crippen molar-refractivity contribution in [1.82, 2.24) is 9.55 Å². The fourth-order valence-electron chi connectivity index (χ4n) is 2.47. The zero-order valence-electron chi connectivity index (χ0n) is 10.9. The fraction of sp³-hybridized carbons (Fsp3) is 0.214. The van der Waals surface area contributed by atoms with E-state index in [1.165, 1.54) is 4.90 Å². The number of amides is 1. The highest BCUT2D eigenvalue weighted by Gasteiger charge is 2.37. The maximum atomic E-state index is 12.4. The van der Waals surface area contributed by atoms with Crippen LogP contribution in [0.25, 0.3) is 0 Å². The van der Waals surface area contributed by atoms with Gasteiger partial charge in [-0.25, -0.2) is 4.98 Å². The van der Waals surface area contributed by atoms with E-state index in [1.54, 1.807) is 48.4 Å². The van der Waals surface area contributed by atoms with E-state index < -0.39 is 11.9 Å². The summed E-state index contributed by atoms with van der Waals surface area (Å²) < 4.78 is 1.68. The molecule has 0 spiro atoms. The SMILES string of the molecule is Cn1cnc(C(=O)N2CC(C(=O)O)c3ccccc32)c1. The predicted molar refractivity (Wildman–Crippen MR) is 71.7 cm³/mol. The maximum Gasteiger partial charge on any atom is 0.312 e. The predicted octanol–water partition coefficient (Wildman–Crippen LogP) is 1.25. The van der Waals surface area contributed by atoms with E-state index >= 15 is 0 Å². The Kier molecular flexibility index (Phi) is 2.78. The molecule has 0 saturated heterocycles.